The average Bonchev–Trinajstić information content (AvgIpc) is 3.40. The number of benzene rings is 2. The molecule has 0 bridgehead atoms. The Morgan fingerprint density at radius 2 is 2.17 bits per heavy atom. The van der Waals surface area contributed by atoms with E-state index in [0.29, 0.717) is 17.0 Å². The summed E-state index contributed by atoms with van der Waals surface area (Å²) in [6.45, 7) is 4.40. The lowest BCUT2D eigenvalue weighted by Gasteiger charge is -2.25. The molecular formula is C23H22N4O2S. The van der Waals surface area contributed by atoms with Crippen LogP contribution < -0.4 is 5.32 Å². The molecule has 0 spiro atoms. The molecule has 0 saturated heterocycles. The van der Waals surface area contributed by atoms with Gasteiger partial charge >= 0.3 is 5.97 Å². The minimum absolute atomic E-state index is 0.235. The number of fused-ring (bicyclic) bond motifs is 1. The van der Waals surface area contributed by atoms with Gasteiger partial charge in [-0.15, -0.1) is 11.3 Å². The van der Waals surface area contributed by atoms with Crippen LogP contribution in [0.15, 0.2) is 53.5 Å². The smallest absolute Gasteiger partial charge is 0.348 e. The van der Waals surface area contributed by atoms with E-state index in [4.69, 9.17) is 10.00 Å². The monoisotopic (exact) mass is 418 g/mol. The summed E-state index contributed by atoms with van der Waals surface area (Å²) in [5.41, 5.74) is 2.81. The molecule has 1 atom stereocenters. The summed E-state index contributed by atoms with van der Waals surface area (Å²) in [7, 11) is 0. The second kappa shape index (κ2) is 8.97. The predicted molar refractivity (Wildman–Crippen MR) is 120 cm³/mol. The van der Waals surface area contributed by atoms with Gasteiger partial charge in [0, 0.05) is 28.9 Å². The first kappa shape index (κ1) is 19.9. The molecule has 1 aliphatic rings. The second-order valence-electron chi connectivity index (χ2n) is 7.04. The molecule has 4 rings (SSSR count). The normalized spacial score (nSPS) is 15.3. The van der Waals surface area contributed by atoms with Crippen LogP contribution in [0.4, 0.5) is 5.69 Å². The molecule has 0 aliphatic carbocycles. The van der Waals surface area contributed by atoms with Crippen molar-refractivity contribution >= 4 is 39.4 Å². The number of ether oxygens (including phenoxy) is 1. The lowest BCUT2D eigenvalue weighted by molar-refractivity contribution is 0.0532. The van der Waals surface area contributed by atoms with Gasteiger partial charge in [0.1, 0.15) is 4.88 Å². The number of nitrogens with one attached hydrogen (secondary N) is 1. The quantitative estimate of drug-likeness (QED) is 0.580. The van der Waals surface area contributed by atoms with Gasteiger partial charge in [0.2, 0.25) is 0 Å². The summed E-state index contributed by atoms with van der Waals surface area (Å²) in [4.78, 5) is 19.4. The third kappa shape index (κ3) is 4.29. The van der Waals surface area contributed by atoms with Gasteiger partial charge in [-0.1, -0.05) is 18.2 Å². The van der Waals surface area contributed by atoms with Crippen LogP contribution in [-0.2, 0) is 11.3 Å². The van der Waals surface area contributed by atoms with Crippen LogP contribution in [0.2, 0.25) is 0 Å². The highest BCUT2D eigenvalue weighted by atomic mass is 32.1. The molecule has 1 N–H and O–H groups in total. The van der Waals surface area contributed by atoms with Gasteiger partial charge < -0.3 is 15.0 Å². The summed E-state index contributed by atoms with van der Waals surface area (Å²) in [6.07, 6.45) is 1.90. The van der Waals surface area contributed by atoms with Crippen LogP contribution in [0, 0.1) is 11.3 Å². The van der Waals surface area contributed by atoms with Crippen molar-refractivity contribution in [2.24, 2.45) is 4.99 Å². The van der Waals surface area contributed by atoms with Crippen LogP contribution in [0.3, 0.4) is 0 Å². The second-order valence-corrected chi connectivity index (χ2v) is 8.13. The lowest BCUT2D eigenvalue weighted by Crippen LogP contribution is -2.36. The molecule has 0 amide bonds. The van der Waals surface area contributed by atoms with Gasteiger partial charge in [0.15, 0.2) is 0 Å². The molecule has 0 saturated carbocycles. The highest BCUT2D eigenvalue weighted by Gasteiger charge is 2.21. The molecule has 2 aromatic carbocycles. The van der Waals surface area contributed by atoms with E-state index < -0.39 is 0 Å². The number of rotatable bonds is 7. The molecular weight excluding hydrogens is 396 g/mol. The third-order valence-corrected chi connectivity index (χ3v) is 6.11. The Balaban J connectivity index is 1.44. The number of aliphatic imine (C=N–C) groups is 1. The summed E-state index contributed by atoms with van der Waals surface area (Å²) < 4.78 is 6.19. The van der Waals surface area contributed by atoms with Gasteiger partial charge in [-0.05, 0) is 42.8 Å². The number of carbonyl (C=O) groups is 1. The standard InChI is InChI=1S/C23H22N4O2S/c1-2-29-23(28)22-10-19-20(4-3-5-21(19)30-22)26-13-18-12-25-15-27(18)14-17-8-6-16(11-24)7-9-17/h3-10,15,18,26H,2,12-14H2,1H3. The van der Waals surface area contributed by atoms with Crippen LogP contribution in [0.5, 0.6) is 0 Å². The maximum atomic E-state index is 12.1. The number of carbonyl (C=O) groups excluding carboxylic acids is 1. The van der Waals surface area contributed by atoms with Crippen molar-refractivity contribution < 1.29 is 9.53 Å². The number of nitriles is 1. The van der Waals surface area contributed by atoms with Gasteiger partial charge in [0.05, 0.1) is 37.2 Å². The van der Waals surface area contributed by atoms with E-state index in [1.165, 1.54) is 11.3 Å². The van der Waals surface area contributed by atoms with Crippen molar-refractivity contribution in [2.45, 2.75) is 19.5 Å². The lowest BCUT2D eigenvalue weighted by atomic mass is 10.1. The zero-order valence-corrected chi connectivity index (χ0v) is 17.5. The molecule has 7 heteroatoms. The van der Waals surface area contributed by atoms with Gasteiger partial charge in [-0.3, -0.25) is 4.99 Å². The van der Waals surface area contributed by atoms with Crippen molar-refractivity contribution in [3.8, 4) is 6.07 Å². The Labute approximate surface area is 179 Å². The van der Waals surface area contributed by atoms with Crippen molar-refractivity contribution in [3.05, 3.63) is 64.5 Å². The van der Waals surface area contributed by atoms with Crippen molar-refractivity contribution in [1.29, 1.82) is 5.26 Å². The van der Waals surface area contributed by atoms with Crippen molar-refractivity contribution in [2.75, 3.05) is 25.0 Å². The molecule has 0 fully saturated rings. The predicted octanol–water partition coefficient (Wildman–Crippen LogP) is 4.27. The molecule has 1 aliphatic heterocycles. The molecule has 0 radical (unpaired) electrons. The van der Waals surface area contributed by atoms with Crippen molar-refractivity contribution in [1.82, 2.24) is 4.90 Å². The van der Waals surface area contributed by atoms with Crippen LogP contribution in [0.1, 0.15) is 27.7 Å². The highest BCUT2D eigenvalue weighted by Crippen LogP contribution is 2.32. The average molecular weight is 419 g/mol. The molecule has 30 heavy (non-hydrogen) atoms. The summed E-state index contributed by atoms with van der Waals surface area (Å²) in [5, 5.41) is 13.5. The van der Waals surface area contributed by atoms with Crippen LogP contribution in [-0.4, -0.2) is 42.9 Å². The Hall–Kier alpha value is -3.37. The number of hydrogen-bond acceptors (Lipinski definition) is 7. The summed E-state index contributed by atoms with van der Waals surface area (Å²) in [5.74, 6) is -0.276. The minimum Gasteiger partial charge on any atom is -0.462 e. The van der Waals surface area contributed by atoms with E-state index in [0.717, 1.165) is 41.0 Å². The first-order valence-corrected chi connectivity index (χ1v) is 10.7. The number of anilines is 1. The van der Waals surface area contributed by atoms with E-state index in [1.807, 2.05) is 61.8 Å². The van der Waals surface area contributed by atoms with Gasteiger partial charge in [0.25, 0.3) is 0 Å². The van der Waals surface area contributed by atoms with Gasteiger partial charge in [-0.2, -0.15) is 5.26 Å². The van der Waals surface area contributed by atoms with Crippen LogP contribution in [0.25, 0.3) is 10.1 Å². The van der Waals surface area contributed by atoms with E-state index in [-0.39, 0.29) is 12.0 Å². The van der Waals surface area contributed by atoms with Crippen molar-refractivity contribution in [3.63, 3.8) is 0 Å². The fraction of sp³-hybridized carbons (Fsp3) is 0.261. The fourth-order valence-corrected chi connectivity index (χ4v) is 4.45. The maximum Gasteiger partial charge on any atom is 0.348 e. The van der Waals surface area contributed by atoms with E-state index >= 15 is 0 Å². The largest absolute Gasteiger partial charge is 0.462 e. The van der Waals surface area contributed by atoms with Gasteiger partial charge in [-0.25, -0.2) is 4.79 Å². The summed E-state index contributed by atoms with van der Waals surface area (Å²) >= 11 is 1.45. The number of thiophene rings is 1. The molecule has 1 unspecified atom stereocenters. The minimum atomic E-state index is -0.276. The Morgan fingerprint density at radius 1 is 1.33 bits per heavy atom. The fourth-order valence-electron chi connectivity index (χ4n) is 3.47. The maximum absolute atomic E-state index is 12.1. The molecule has 1 aromatic heterocycles. The third-order valence-electron chi connectivity index (χ3n) is 5.03. The topological polar surface area (TPSA) is 77.7 Å². The first-order valence-electron chi connectivity index (χ1n) is 9.86. The zero-order chi connectivity index (χ0) is 20.9. The molecule has 152 valence electrons. The van der Waals surface area contributed by atoms with E-state index in [1.54, 1.807) is 0 Å². The molecule has 6 nitrogen and oxygen atoms in total. The Kier molecular flexibility index (Phi) is 5.96. The van der Waals surface area contributed by atoms with Crippen LogP contribution >= 0.6 is 11.3 Å². The van der Waals surface area contributed by atoms with E-state index in [9.17, 15) is 4.79 Å². The first-order chi connectivity index (χ1) is 14.7. The molecule has 3 aromatic rings. The Morgan fingerprint density at radius 3 is 2.93 bits per heavy atom. The summed E-state index contributed by atoms with van der Waals surface area (Å²) in [6, 6.07) is 18.0. The Bertz CT molecular complexity index is 1110. The number of nitrogens with zero attached hydrogens (tertiary/aromatic N) is 3. The molecule has 2 heterocycles. The highest BCUT2D eigenvalue weighted by molar-refractivity contribution is 7.20. The SMILES string of the molecule is CCOC(=O)c1cc2c(NCC3CN=CN3Cc3ccc(C#N)cc3)cccc2s1. The zero-order valence-electron chi connectivity index (χ0n) is 16.7. The number of hydrogen-bond donors (Lipinski definition) is 1. The number of esters is 1. The van der Waals surface area contributed by atoms with E-state index in [2.05, 4.69) is 21.3 Å².